The molecule has 0 aliphatic carbocycles. The van der Waals surface area contributed by atoms with Crippen molar-refractivity contribution in [2.75, 3.05) is 23.3 Å². The molecule has 146 valence electrons. The van der Waals surface area contributed by atoms with Gasteiger partial charge in [-0.1, -0.05) is 18.2 Å². The number of hydrogen-bond donors (Lipinski definition) is 1. The molecule has 0 unspecified atom stereocenters. The second-order valence-electron chi connectivity index (χ2n) is 7.62. The summed E-state index contributed by atoms with van der Waals surface area (Å²) < 4.78 is 5.81. The molecule has 1 saturated heterocycles. The van der Waals surface area contributed by atoms with Crippen LogP contribution in [0.5, 0.6) is 0 Å². The summed E-state index contributed by atoms with van der Waals surface area (Å²) in [7, 11) is 0. The fourth-order valence-electron chi connectivity index (χ4n) is 3.86. The molecule has 6 heteroatoms. The van der Waals surface area contributed by atoms with E-state index in [4.69, 9.17) is 9.40 Å². The zero-order chi connectivity index (χ0) is 19.8. The monoisotopic (exact) mass is 378 g/mol. The van der Waals surface area contributed by atoms with Gasteiger partial charge in [0, 0.05) is 30.3 Å². The number of anilines is 2. The van der Waals surface area contributed by atoms with Gasteiger partial charge in [-0.25, -0.2) is 4.98 Å². The molecule has 0 saturated carbocycles. The second-order valence-corrected chi connectivity index (χ2v) is 7.62. The maximum absolute atomic E-state index is 12.7. The topological polar surface area (TPSA) is 71.3 Å². The molecule has 0 bridgehead atoms. The third-order valence-corrected chi connectivity index (χ3v) is 5.69. The summed E-state index contributed by atoms with van der Waals surface area (Å²) >= 11 is 0. The Labute approximate surface area is 165 Å². The lowest BCUT2D eigenvalue weighted by Gasteiger charge is -2.32. The Kier molecular flexibility index (Phi) is 4.79. The minimum Gasteiger partial charge on any atom is -0.443 e. The highest BCUT2D eigenvalue weighted by molar-refractivity contribution is 5.94. The van der Waals surface area contributed by atoms with E-state index in [1.54, 1.807) is 0 Å². The van der Waals surface area contributed by atoms with Gasteiger partial charge in [0.2, 0.25) is 11.6 Å². The van der Waals surface area contributed by atoms with Crippen LogP contribution in [0.2, 0.25) is 0 Å². The van der Waals surface area contributed by atoms with Crippen LogP contribution in [0.15, 0.2) is 28.7 Å². The molecule has 0 radical (unpaired) electrons. The number of amides is 1. The summed E-state index contributed by atoms with van der Waals surface area (Å²) in [5.41, 5.74) is 3.71. The van der Waals surface area contributed by atoms with E-state index in [2.05, 4.69) is 15.2 Å². The van der Waals surface area contributed by atoms with E-state index in [0.29, 0.717) is 11.5 Å². The van der Waals surface area contributed by atoms with Crippen molar-refractivity contribution in [3.05, 3.63) is 47.0 Å². The number of nitrogens with one attached hydrogen (secondary N) is 1. The molecule has 3 heterocycles. The van der Waals surface area contributed by atoms with Crippen molar-refractivity contribution in [2.45, 2.75) is 40.5 Å². The largest absolute Gasteiger partial charge is 0.443 e. The first-order valence-corrected chi connectivity index (χ1v) is 9.80. The van der Waals surface area contributed by atoms with Crippen LogP contribution in [-0.4, -0.2) is 29.0 Å². The van der Waals surface area contributed by atoms with Crippen molar-refractivity contribution in [3.8, 4) is 0 Å². The Morgan fingerprint density at radius 1 is 1.11 bits per heavy atom. The molecule has 0 spiro atoms. The standard InChI is InChI=1S/C22H26N4O2/c1-13-7-5-6-8-18(13)25-21(27)17-9-11-26(12-10-17)20-19-14(2)15(3)28-22(19)24-16(4)23-20/h5-8,17H,9-12H2,1-4H3,(H,25,27). The summed E-state index contributed by atoms with van der Waals surface area (Å²) in [6, 6.07) is 7.89. The number of hydrogen-bond acceptors (Lipinski definition) is 5. The molecular formula is C22H26N4O2. The lowest BCUT2D eigenvalue weighted by atomic mass is 9.95. The number of aryl methyl sites for hydroxylation is 4. The number of carbonyl (C=O) groups excluding carboxylic acids is 1. The third kappa shape index (κ3) is 3.35. The van der Waals surface area contributed by atoms with Crippen molar-refractivity contribution in [2.24, 2.45) is 5.92 Å². The molecule has 3 aromatic rings. The first-order chi connectivity index (χ1) is 13.4. The fraction of sp³-hybridized carbons (Fsp3) is 0.409. The van der Waals surface area contributed by atoms with Gasteiger partial charge in [-0.2, -0.15) is 4.98 Å². The molecule has 1 N–H and O–H groups in total. The summed E-state index contributed by atoms with van der Waals surface area (Å²) in [5, 5.41) is 4.08. The number of rotatable bonds is 3. The van der Waals surface area contributed by atoms with E-state index in [1.165, 1.54) is 0 Å². The predicted molar refractivity (Wildman–Crippen MR) is 111 cm³/mol. The summed E-state index contributed by atoms with van der Waals surface area (Å²) in [5.74, 6) is 2.63. The Morgan fingerprint density at radius 2 is 1.82 bits per heavy atom. The van der Waals surface area contributed by atoms with Gasteiger partial charge in [-0.3, -0.25) is 4.79 Å². The van der Waals surface area contributed by atoms with Gasteiger partial charge in [0.15, 0.2) is 0 Å². The van der Waals surface area contributed by atoms with Crippen molar-refractivity contribution < 1.29 is 9.21 Å². The van der Waals surface area contributed by atoms with E-state index in [1.807, 2.05) is 52.0 Å². The molecule has 2 aromatic heterocycles. The number of para-hydroxylation sites is 1. The Balaban J connectivity index is 1.50. The van der Waals surface area contributed by atoms with E-state index >= 15 is 0 Å². The summed E-state index contributed by atoms with van der Waals surface area (Å²) in [6.45, 7) is 9.49. The predicted octanol–water partition coefficient (Wildman–Crippen LogP) is 4.31. The number of fused-ring (bicyclic) bond motifs is 1. The van der Waals surface area contributed by atoms with Crippen molar-refractivity contribution in [1.82, 2.24) is 9.97 Å². The van der Waals surface area contributed by atoms with Crippen molar-refractivity contribution in [3.63, 3.8) is 0 Å². The minimum atomic E-state index is 0.0152. The number of furan rings is 1. The first-order valence-electron chi connectivity index (χ1n) is 9.80. The van der Waals surface area contributed by atoms with Gasteiger partial charge < -0.3 is 14.6 Å². The lowest BCUT2D eigenvalue weighted by molar-refractivity contribution is -0.120. The quantitative estimate of drug-likeness (QED) is 0.735. The van der Waals surface area contributed by atoms with Gasteiger partial charge in [-0.05, 0) is 52.2 Å². The maximum atomic E-state index is 12.7. The SMILES string of the molecule is Cc1nc(N2CCC(C(=O)Nc3ccccc3C)CC2)c2c(C)c(C)oc2n1. The van der Waals surface area contributed by atoms with Crippen LogP contribution >= 0.6 is 0 Å². The Bertz CT molecular complexity index is 1030. The Hall–Kier alpha value is -2.89. The van der Waals surface area contributed by atoms with Crippen molar-refractivity contribution in [1.29, 1.82) is 0 Å². The zero-order valence-electron chi connectivity index (χ0n) is 16.9. The van der Waals surface area contributed by atoms with Crippen LogP contribution in [0.1, 0.15) is 35.6 Å². The van der Waals surface area contributed by atoms with Crippen LogP contribution < -0.4 is 10.2 Å². The molecular weight excluding hydrogens is 352 g/mol. The van der Waals surface area contributed by atoms with E-state index in [0.717, 1.165) is 59.7 Å². The number of carbonyl (C=O) groups is 1. The molecule has 4 rings (SSSR count). The van der Waals surface area contributed by atoms with Crippen LogP contribution in [0, 0.1) is 33.6 Å². The average molecular weight is 378 g/mol. The van der Waals surface area contributed by atoms with Crippen LogP contribution in [0.4, 0.5) is 11.5 Å². The average Bonchev–Trinajstić information content (AvgIpc) is 2.96. The molecule has 1 aromatic carbocycles. The lowest BCUT2D eigenvalue weighted by Crippen LogP contribution is -2.38. The van der Waals surface area contributed by atoms with Gasteiger partial charge in [-0.15, -0.1) is 0 Å². The van der Waals surface area contributed by atoms with Gasteiger partial charge in [0.1, 0.15) is 17.4 Å². The normalized spacial score (nSPS) is 15.2. The van der Waals surface area contributed by atoms with Gasteiger partial charge in [0.25, 0.3) is 0 Å². The molecule has 1 aliphatic rings. The summed E-state index contributed by atoms with van der Waals surface area (Å²) in [4.78, 5) is 24.1. The molecule has 0 atom stereocenters. The maximum Gasteiger partial charge on any atom is 0.231 e. The number of piperidine rings is 1. The van der Waals surface area contributed by atoms with Crippen LogP contribution in [0.3, 0.4) is 0 Å². The highest BCUT2D eigenvalue weighted by atomic mass is 16.3. The Morgan fingerprint density at radius 3 is 2.54 bits per heavy atom. The molecule has 1 amide bonds. The van der Waals surface area contributed by atoms with Gasteiger partial charge >= 0.3 is 0 Å². The van der Waals surface area contributed by atoms with Crippen LogP contribution in [0.25, 0.3) is 11.1 Å². The third-order valence-electron chi connectivity index (χ3n) is 5.69. The van der Waals surface area contributed by atoms with Gasteiger partial charge in [0.05, 0.1) is 5.39 Å². The fourth-order valence-corrected chi connectivity index (χ4v) is 3.86. The smallest absolute Gasteiger partial charge is 0.231 e. The highest BCUT2D eigenvalue weighted by Crippen LogP contribution is 2.33. The molecule has 1 fully saturated rings. The zero-order valence-corrected chi connectivity index (χ0v) is 16.9. The number of benzene rings is 1. The summed E-state index contributed by atoms with van der Waals surface area (Å²) in [6.07, 6.45) is 1.61. The van der Waals surface area contributed by atoms with Crippen molar-refractivity contribution >= 4 is 28.5 Å². The first kappa shape index (κ1) is 18.5. The number of nitrogens with zero attached hydrogens (tertiary/aromatic N) is 3. The second kappa shape index (κ2) is 7.26. The highest BCUT2D eigenvalue weighted by Gasteiger charge is 2.28. The molecule has 28 heavy (non-hydrogen) atoms. The molecule has 1 aliphatic heterocycles. The molecule has 6 nitrogen and oxygen atoms in total. The van der Waals surface area contributed by atoms with Crippen LogP contribution in [-0.2, 0) is 4.79 Å². The minimum absolute atomic E-state index is 0.0152. The van der Waals surface area contributed by atoms with E-state index in [-0.39, 0.29) is 11.8 Å². The number of aromatic nitrogens is 2. The van der Waals surface area contributed by atoms with E-state index in [9.17, 15) is 4.79 Å². The van der Waals surface area contributed by atoms with E-state index < -0.39 is 0 Å².